The maximum atomic E-state index is 11.1. The molecule has 4 heteroatoms. The number of methoxy groups -OCH3 is 1. The SMILES string of the molecule is CCNC(CC)c1ccccc1OCCC(=O)OC. The third kappa shape index (κ3) is 4.91. The van der Waals surface area contributed by atoms with Gasteiger partial charge in [-0.15, -0.1) is 0 Å². The van der Waals surface area contributed by atoms with Crippen molar-refractivity contribution in [3.63, 3.8) is 0 Å². The molecule has 0 radical (unpaired) electrons. The van der Waals surface area contributed by atoms with Crippen molar-refractivity contribution in [3.8, 4) is 5.75 Å². The van der Waals surface area contributed by atoms with Gasteiger partial charge in [-0.2, -0.15) is 0 Å². The molecule has 1 aromatic carbocycles. The molecule has 1 aromatic rings. The predicted octanol–water partition coefficient (Wildman–Crippen LogP) is 2.69. The second-order valence-corrected chi connectivity index (χ2v) is 4.23. The van der Waals surface area contributed by atoms with Crippen LogP contribution in [0.1, 0.15) is 38.3 Å². The maximum absolute atomic E-state index is 11.1. The number of carbonyl (C=O) groups is 1. The Morgan fingerprint density at radius 3 is 2.68 bits per heavy atom. The van der Waals surface area contributed by atoms with E-state index in [-0.39, 0.29) is 18.4 Å². The average Bonchev–Trinajstić information content (AvgIpc) is 2.45. The van der Waals surface area contributed by atoms with E-state index < -0.39 is 0 Å². The van der Waals surface area contributed by atoms with Crippen LogP contribution in [0.3, 0.4) is 0 Å². The lowest BCUT2D eigenvalue weighted by Crippen LogP contribution is -2.21. The van der Waals surface area contributed by atoms with Crippen molar-refractivity contribution in [1.29, 1.82) is 0 Å². The molecule has 1 atom stereocenters. The Kier molecular flexibility index (Phi) is 6.97. The zero-order valence-corrected chi connectivity index (χ0v) is 11.9. The average molecular weight is 265 g/mol. The van der Waals surface area contributed by atoms with Gasteiger partial charge in [0.15, 0.2) is 0 Å². The largest absolute Gasteiger partial charge is 0.493 e. The Hall–Kier alpha value is -1.55. The number of ether oxygens (including phenoxy) is 2. The van der Waals surface area contributed by atoms with Crippen LogP contribution in [0.2, 0.25) is 0 Å². The van der Waals surface area contributed by atoms with E-state index in [2.05, 4.69) is 30.0 Å². The first kappa shape index (κ1) is 15.5. The number of rotatable bonds is 8. The molecule has 0 amide bonds. The number of esters is 1. The van der Waals surface area contributed by atoms with E-state index in [1.807, 2.05) is 18.2 Å². The Morgan fingerprint density at radius 1 is 1.32 bits per heavy atom. The van der Waals surface area contributed by atoms with Gasteiger partial charge in [0.25, 0.3) is 0 Å². The monoisotopic (exact) mass is 265 g/mol. The fraction of sp³-hybridized carbons (Fsp3) is 0.533. The van der Waals surface area contributed by atoms with Crippen LogP contribution in [0.15, 0.2) is 24.3 Å². The standard InChI is InChI=1S/C15H23NO3/c1-4-13(16-5-2)12-8-6-7-9-14(12)19-11-10-15(17)18-3/h6-9,13,16H,4-5,10-11H2,1-3H3. The molecule has 0 saturated heterocycles. The molecule has 1 unspecified atom stereocenters. The molecule has 0 aliphatic rings. The van der Waals surface area contributed by atoms with E-state index in [1.54, 1.807) is 0 Å². The molecule has 1 N–H and O–H groups in total. The van der Waals surface area contributed by atoms with Gasteiger partial charge in [0, 0.05) is 11.6 Å². The molecular weight excluding hydrogens is 242 g/mol. The Morgan fingerprint density at radius 2 is 2.05 bits per heavy atom. The van der Waals surface area contributed by atoms with Crippen LogP contribution in [-0.4, -0.2) is 26.2 Å². The second-order valence-electron chi connectivity index (χ2n) is 4.23. The van der Waals surface area contributed by atoms with Crippen molar-refractivity contribution in [2.75, 3.05) is 20.3 Å². The third-order valence-electron chi connectivity index (χ3n) is 2.94. The van der Waals surface area contributed by atoms with Gasteiger partial charge >= 0.3 is 5.97 Å². The highest BCUT2D eigenvalue weighted by atomic mass is 16.5. The molecule has 1 rings (SSSR count). The normalized spacial score (nSPS) is 11.9. The van der Waals surface area contributed by atoms with Crippen molar-refractivity contribution < 1.29 is 14.3 Å². The summed E-state index contributed by atoms with van der Waals surface area (Å²) in [5.74, 6) is 0.579. The molecule has 0 spiro atoms. The van der Waals surface area contributed by atoms with Crippen LogP contribution in [-0.2, 0) is 9.53 Å². The number of hydrogen-bond donors (Lipinski definition) is 1. The van der Waals surface area contributed by atoms with E-state index in [1.165, 1.54) is 7.11 Å². The van der Waals surface area contributed by atoms with Crippen molar-refractivity contribution >= 4 is 5.97 Å². The van der Waals surface area contributed by atoms with Crippen molar-refractivity contribution in [2.45, 2.75) is 32.7 Å². The molecule has 19 heavy (non-hydrogen) atoms. The van der Waals surface area contributed by atoms with Gasteiger partial charge in [0.2, 0.25) is 0 Å². The fourth-order valence-corrected chi connectivity index (χ4v) is 1.97. The van der Waals surface area contributed by atoms with Crippen LogP contribution in [0.5, 0.6) is 5.75 Å². The zero-order valence-electron chi connectivity index (χ0n) is 11.9. The number of para-hydroxylation sites is 1. The van der Waals surface area contributed by atoms with Crippen LogP contribution in [0.25, 0.3) is 0 Å². The summed E-state index contributed by atoms with van der Waals surface area (Å²) in [7, 11) is 1.38. The van der Waals surface area contributed by atoms with E-state index in [0.29, 0.717) is 6.61 Å². The molecule has 0 fully saturated rings. The lowest BCUT2D eigenvalue weighted by molar-refractivity contribution is -0.141. The minimum absolute atomic E-state index is 0.254. The van der Waals surface area contributed by atoms with Gasteiger partial charge < -0.3 is 14.8 Å². The Labute approximate surface area is 115 Å². The van der Waals surface area contributed by atoms with Crippen molar-refractivity contribution in [3.05, 3.63) is 29.8 Å². The second kappa shape index (κ2) is 8.53. The number of benzene rings is 1. The summed E-state index contributed by atoms with van der Waals surface area (Å²) in [6.45, 7) is 5.48. The Balaban J connectivity index is 2.69. The summed E-state index contributed by atoms with van der Waals surface area (Å²) in [5.41, 5.74) is 1.14. The minimum Gasteiger partial charge on any atom is -0.493 e. The minimum atomic E-state index is -0.254. The van der Waals surface area contributed by atoms with Crippen LogP contribution in [0.4, 0.5) is 0 Å². The quantitative estimate of drug-likeness (QED) is 0.734. The summed E-state index contributed by atoms with van der Waals surface area (Å²) < 4.78 is 10.3. The van der Waals surface area contributed by atoms with E-state index in [9.17, 15) is 4.79 Å². The smallest absolute Gasteiger partial charge is 0.308 e. The van der Waals surface area contributed by atoms with Gasteiger partial charge in [-0.1, -0.05) is 32.0 Å². The lowest BCUT2D eigenvalue weighted by Gasteiger charge is -2.19. The first-order chi connectivity index (χ1) is 9.22. The Bertz CT molecular complexity index is 393. The van der Waals surface area contributed by atoms with Gasteiger partial charge in [-0.3, -0.25) is 4.79 Å². The first-order valence-corrected chi connectivity index (χ1v) is 6.74. The molecule has 0 aromatic heterocycles. The van der Waals surface area contributed by atoms with E-state index in [0.717, 1.165) is 24.3 Å². The molecule has 0 aliphatic heterocycles. The summed E-state index contributed by atoms with van der Waals surface area (Å²) in [6.07, 6.45) is 1.26. The molecule has 0 bridgehead atoms. The highest BCUT2D eigenvalue weighted by Gasteiger charge is 2.13. The van der Waals surface area contributed by atoms with Gasteiger partial charge in [0.1, 0.15) is 5.75 Å². The number of nitrogens with one attached hydrogen (secondary N) is 1. The fourth-order valence-electron chi connectivity index (χ4n) is 1.97. The third-order valence-corrected chi connectivity index (χ3v) is 2.94. The van der Waals surface area contributed by atoms with Crippen LogP contribution < -0.4 is 10.1 Å². The first-order valence-electron chi connectivity index (χ1n) is 6.74. The highest BCUT2D eigenvalue weighted by Crippen LogP contribution is 2.27. The summed E-state index contributed by atoms with van der Waals surface area (Å²) in [5, 5.41) is 3.43. The number of carbonyl (C=O) groups excluding carboxylic acids is 1. The molecule has 0 saturated carbocycles. The molecule has 106 valence electrons. The molecule has 0 aliphatic carbocycles. The summed E-state index contributed by atoms with van der Waals surface area (Å²) in [6, 6.07) is 8.22. The van der Waals surface area contributed by atoms with Gasteiger partial charge in [-0.25, -0.2) is 0 Å². The molecule has 4 nitrogen and oxygen atoms in total. The van der Waals surface area contributed by atoms with Crippen molar-refractivity contribution in [2.24, 2.45) is 0 Å². The summed E-state index contributed by atoms with van der Waals surface area (Å²) >= 11 is 0. The predicted molar refractivity (Wildman–Crippen MR) is 75.3 cm³/mol. The molecular formula is C15H23NO3. The zero-order chi connectivity index (χ0) is 14.1. The van der Waals surface area contributed by atoms with Crippen molar-refractivity contribution in [1.82, 2.24) is 5.32 Å². The van der Waals surface area contributed by atoms with Crippen LogP contribution >= 0.6 is 0 Å². The molecule has 0 heterocycles. The topological polar surface area (TPSA) is 47.6 Å². The van der Waals surface area contributed by atoms with Gasteiger partial charge in [0.05, 0.1) is 20.1 Å². The summed E-state index contributed by atoms with van der Waals surface area (Å²) in [4.78, 5) is 11.1. The lowest BCUT2D eigenvalue weighted by atomic mass is 10.0. The number of hydrogen-bond acceptors (Lipinski definition) is 4. The highest BCUT2D eigenvalue weighted by molar-refractivity contribution is 5.69. The maximum Gasteiger partial charge on any atom is 0.308 e. The van der Waals surface area contributed by atoms with Crippen LogP contribution in [0, 0.1) is 0 Å². The van der Waals surface area contributed by atoms with E-state index >= 15 is 0 Å². The van der Waals surface area contributed by atoms with E-state index in [4.69, 9.17) is 4.74 Å². The van der Waals surface area contributed by atoms with Gasteiger partial charge in [-0.05, 0) is 19.0 Å².